The van der Waals surface area contributed by atoms with Crippen LogP contribution in [0, 0.1) is 0 Å². The predicted molar refractivity (Wildman–Crippen MR) is 24.6 cm³/mol. The van der Waals surface area contributed by atoms with Crippen LogP contribution in [0.1, 0.15) is 2.85 Å². The third kappa shape index (κ3) is 10.3. The van der Waals surface area contributed by atoms with Gasteiger partial charge in [0.15, 0.2) is 0 Å². The summed E-state index contributed by atoms with van der Waals surface area (Å²) < 4.78 is 0. The molecule has 0 aromatic rings. The van der Waals surface area contributed by atoms with Crippen molar-refractivity contribution in [2.24, 2.45) is 0 Å². The summed E-state index contributed by atoms with van der Waals surface area (Å²) >= 11 is 0. The summed E-state index contributed by atoms with van der Waals surface area (Å²) in [5.41, 5.74) is 0. The van der Waals surface area contributed by atoms with Crippen LogP contribution >= 0.6 is 0 Å². The number of rotatable bonds is 0. The predicted octanol–water partition coefficient (Wildman–Crippen LogP) is -1.27. The molecule has 0 radical (unpaired) electrons. The molecule has 0 aromatic heterocycles. The minimum absolute atomic E-state index is 0. The first-order valence-corrected chi connectivity index (χ1v) is 1.11. The molecule has 0 saturated carbocycles. The van der Waals surface area contributed by atoms with Crippen molar-refractivity contribution >= 4 is 63.3 Å². The maximum absolute atomic E-state index is 9.10. The van der Waals surface area contributed by atoms with Crippen LogP contribution < -0.4 is 0 Å². The Labute approximate surface area is 106 Å². The van der Waals surface area contributed by atoms with Gasteiger partial charge in [0, 0.05) is 21.7 Å². The van der Waals surface area contributed by atoms with Crippen LogP contribution in [0.2, 0.25) is 0 Å². The molecule has 0 rings (SSSR count). The summed E-state index contributed by atoms with van der Waals surface area (Å²) in [6, 6.07) is 0. The van der Waals surface area contributed by atoms with Gasteiger partial charge in [0.25, 0.3) is 0 Å². The van der Waals surface area contributed by atoms with Gasteiger partial charge in [-0.2, -0.15) is 0 Å². The van der Waals surface area contributed by atoms with Crippen LogP contribution in [0.15, 0.2) is 0 Å². The van der Waals surface area contributed by atoms with Gasteiger partial charge < -0.3 is 13.1 Å². The van der Waals surface area contributed by atoms with Gasteiger partial charge in [0.2, 0.25) is 0 Å². The largest absolute Gasteiger partial charge is 0 e. The van der Waals surface area contributed by atoms with E-state index in [4.69, 9.17) is 19.8 Å². The van der Waals surface area contributed by atoms with Crippen molar-refractivity contribution in [2.45, 2.75) is 0 Å². The number of carboxylic acids is 2. The molecule has 0 aliphatic carbocycles. The molecule has 0 saturated heterocycles. The number of aliphatic carboxylic acids is 2. The summed E-state index contributed by atoms with van der Waals surface area (Å²) in [4.78, 5) is 18.2. The minimum atomic E-state index is -1.82. The van der Waals surface area contributed by atoms with E-state index in [1.807, 2.05) is 0 Å². The van der Waals surface area contributed by atoms with Gasteiger partial charge in [-0.25, -0.2) is 9.59 Å². The molecule has 0 aliphatic heterocycles. The van der Waals surface area contributed by atoms with Gasteiger partial charge in [0.05, 0.1) is 0 Å². The van der Waals surface area contributed by atoms with Crippen LogP contribution in [-0.2, 0) is 31.3 Å². The summed E-state index contributed by atoms with van der Waals surface area (Å²) in [5.74, 6) is -3.65. The Morgan fingerprint density at radius 3 is 1.25 bits per heavy atom. The molecule has 0 amide bonds. The minimum Gasteiger partial charge on any atom is 0 e. The van der Waals surface area contributed by atoms with E-state index in [1.165, 1.54) is 0 Å². The smallest absolute Gasteiger partial charge is 0 e. The van der Waals surface area contributed by atoms with E-state index in [0.717, 1.165) is 0 Å². The second-order valence-corrected chi connectivity index (χ2v) is 0.610. The van der Waals surface area contributed by atoms with Gasteiger partial charge in [-0.1, -0.05) is 0 Å². The van der Waals surface area contributed by atoms with Crippen molar-refractivity contribution in [1.29, 1.82) is 0 Å². The monoisotopic (exact) mass is 180 g/mol. The zero-order valence-corrected chi connectivity index (χ0v) is 4.77. The second-order valence-electron chi connectivity index (χ2n) is 0.610. The van der Waals surface area contributed by atoms with E-state index in [0.29, 0.717) is 0 Å². The average molecular weight is 180 g/mol. The molecule has 4 nitrogen and oxygen atoms in total. The van der Waals surface area contributed by atoms with E-state index in [2.05, 4.69) is 0 Å². The molecule has 2 N–H and O–H groups in total. The first-order valence-electron chi connectivity index (χ1n) is 1.11. The van der Waals surface area contributed by atoms with Crippen LogP contribution in [0.4, 0.5) is 0 Å². The Balaban J connectivity index is -0.0000000208. The van der Waals surface area contributed by atoms with Crippen molar-refractivity contribution < 1.29 is 44.4 Å². The molecular weight excluding hydrogens is 175 g/mol. The molecule has 0 atom stereocenters. The maximum atomic E-state index is 9.10. The molecule has 8 heavy (non-hydrogen) atoms. The van der Waals surface area contributed by atoms with Crippen LogP contribution in [0.3, 0.4) is 0 Å². The van der Waals surface area contributed by atoms with Gasteiger partial charge in [0.1, 0.15) is 0 Å². The first-order chi connectivity index (χ1) is 2.64. The van der Waals surface area contributed by atoms with Gasteiger partial charge >= 0.3 is 63.3 Å². The number of carboxylic acid groups (broad SMARTS) is 2. The standard InChI is InChI=1S/C2H2O4.K.Ti.3H/c3-1(4)2(5)6;;;;;/h(H,3,4)(H,5,6);;;;;/q;;;;2*-1. The second kappa shape index (κ2) is 8.29. The topological polar surface area (TPSA) is 74.6 Å². The number of hydrogen-bond donors (Lipinski definition) is 2. The summed E-state index contributed by atoms with van der Waals surface area (Å²) in [6.45, 7) is 0. The maximum Gasteiger partial charge on any atom is 0 e. The summed E-state index contributed by atoms with van der Waals surface area (Å²) in [7, 11) is 0. The normalized spacial score (nSPS) is 5.50. The Morgan fingerprint density at radius 2 is 1.25 bits per heavy atom. The van der Waals surface area contributed by atoms with E-state index in [-0.39, 0.29) is 76.0 Å². The summed E-state index contributed by atoms with van der Waals surface area (Å²) in [6.07, 6.45) is 0. The van der Waals surface area contributed by atoms with Crippen LogP contribution in [0.5, 0.6) is 0 Å². The van der Waals surface area contributed by atoms with Crippen molar-refractivity contribution in [3.05, 3.63) is 0 Å². The molecule has 0 aromatic carbocycles. The SMILES string of the molecule is O=C(O)C(=O)O.[H-].[H-].[KH].[Ti]. The third-order valence-electron chi connectivity index (χ3n) is 0.183. The molecule has 6 heteroatoms. The third-order valence-corrected chi connectivity index (χ3v) is 0.183. The Kier molecular flexibility index (Phi) is 16.7. The molecule has 0 aliphatic rings. The van der Waals surface area contributed by atoms with E-state index >= 15 is 0 Å². The molecule has 0 heterocycles. The summed E-state index contributed by atoms with van der Waals surface area (Å²) in [5, 5.41) is 14.8. The van der Waals surface area contributed by atoms with Crippen molar-refractivity contribution in [1.82, 2.24) is 0 Å². The molecule has 0 bridgehead atoms. The van der Waals surface area contributed by atoms with Gasteiger partial charge in [-0.05, 0) is 0 Å². The van der Waals surface area contributed by atoms with Gasteiger partial charge in [-0.3, -0.25) is 0 Å². The molecule has 0 unspecified atom stereocenters. The fourth-order valence-electron chi connectivity index (χ4n) is 0. The fourth-order valence-corrected chi connectivity index (χ4v) is 0. The number of carbonyl (C=O) groups is 2. The number of hydrogen-bond acceptors (Lipinski definition) is 2. The van der Waals surface area contributed by atoms with E-state index in [9.17, 15) is 0 Å². The zero-order valence-electron chi connectivity index (χ0n) is 5.21. The molecule has 44 valence electrons. The van der Waals surface area contributed by atoms with Gasteiger partial charge in [-0.15, -0.1) is 0 Å². The Morgan fingerprint density at radius 1 is 1.12 bits per heavy atom. The van der Waals surface area contributed by atoms with Crippen molar-refractivity contribution in [3.8, 4) is 0 Å². The zero-order chi connectivity index (χ0) is 5.15. The van der Waals surface area contributed by atoms with Crippen LogP contribution in [0.25, 0.3) is 0 Å². The average Bonchev–Trinajstić information content (AvgIpc) is 1.36. The van der Waals surface area contributed by atoms with E-state index < -0.39 is 11.9 Å². The van der Waals surface area contributed by atoms with Crippen LogP contribution in [-0.4, -0.2) is 73.5 Å². The van der Waals surface area contributed by atoms with Crippen molar-refractivity contribution in [2.75, 3.05) is 0 Å². The van der Waals surface area contributed by atoms with E-state index in [1.54, 1.807) is 0 Å². The van der Waals surface area contributed by atoms with Crippen molar-refractivity contribution in [3.63, 3.8) is 0 Å². The first kappa shape index (κ1) is 16.1. The quantitative estimate of drug-likeness (QED) is 0.360. The molecule has 0 fully saturated rings. The fraction of sp³-hybridized carbons (Fsp3) is 0. The Bertz CT molecular complexity index is 87.3. The molecule has 0 spiro atoms. The Hall–Kier alpha value is 1.29. The molecular formula is C2H5KO4Ti-2.